The molecular formula is C8H12N2O2. The van der Waals surface area contributed by atoms with Crippen molar-refractivity contribution in [2.75, 3.05) is 6.61 Å². The van der Waals surface area contributed by atoms with Crippen molar-refractivity contribution < 1.29 is 9.63 Å². The second-order valence-electron chi connectivity index (χ2n) is 3.33. The first-order chi connectivity index (χ1) is 5.76. The molecule has 0 aromatic carbocycles. The summed E-state index contributed by atoms with van der Waals surface area (Å²) in [6.07, 6.45) is 4.26. The van der Waals surface area contributed by atoms with Crippen LogP contribution in [0, 0.1) is 0 Å². The first-order valence-corrected chi connectivity index (χ1v) is 4.10. The fraction of sp³-hybridized carbons (Fsp3) is 0.625. The van der Waals surface area contributed by atoms with Crippen LogP contribution in [0.4, 0.5) is 0 Å². The molecule has 0 spiro atoms. The number of hydrogen-bond donors (Lipinski definition) is 2. The van der Waals surface area contributed by atoms with Crippen molar-refractivity contribution in [3.8, 4) is 0 Å². The molecule has 4 nitrogen and oxygen atoms in total. The minimum Gasteiger partial charge on any atom is -0.394 e. The van der Waals surface area contributed by atoms with Gasteiger partial charge >= 0.3 is 0 Å². The molecule has 1 atom stereocenters. The summed E-state index contributed by atoms with van der Waals surface area (Å²) in [5.41, 5.74) is 6.22. The Balaban J connectivity index is 2.44. The number of aliphatic hydroxyl groups is 1. The molecule has 0 saturated heterocycles. The zero-order chi connectivity index (χ0) is 8.60. The lowest BCUT2D eigenvalue weighted by Gasteiger charge is -2.29. The Labute approximate surface area is 70.3 Å². The summed E-state index contributed by atoms with van der Waals surface area (Å²) in [7, 11) is 0. The number of aryl methyl sites for hydroxylation is 1. The van der Waals surface area contributed by atoms with Gasteiger partial charge in [-0.2, -0.15) is 0 Å². The summed E-state index contributed by atoms with van der Waals surface area (Å²) in [4.78, 5) is 0. The van der Waals surface area contributed by atoms with E-state index in [0.717, 1.165) is 30.6 Å². The summed E-state index contributed by atoms with van der Waals surface area (Å²) in [5, 5.41) is 12.8. The van der Waals surface area contributed by atoms with E-state index in [1.165, 1.54) is 0 Å². The molecule has 66 valence electrons. The lowest BCUT2D eigenvalue weighted by molar-refractivity contribution is 0.174. The van der Waals surface area contributed by atoms with Crippen molar-refractivity contribution in [3.05, 3.63) is 17.5 Å². The highest BCUT2D eigenvalue weighted by molar-refractivity contribution is 5.26. The predicted octanol–water partition coefficient (Wildman–Crippen LogP) is 0.157. The van der Waals surface area contributed by atoms with Crippen molar-refractivity contribution in [1.82, 2.24) is 5.16 Å². The zero-order valence-corrected chi connectivity index (χ0v) is 6.79. The Kier molecular flexibility index (Phi) is 1.66. The van der Waals surface area contributed by atoms with Gasteiger partial charge < -0.3 is 15.4 Å². The van der Waals surface area contributed by atoms with Crippen LogP contribution in [-0.4, -0.2) is 16.9 Å². The highest BCUT2D eigenvalue weighted by Crippen LogP contribution is 2.32. The van der Waals surface area contributed by atoms with Gasteiger partial charge in [-0.1, -0.05) is 5.16 Å². The maximum Gasteiger partial charge on any atom is 0.141 e. The molecule has 0 saturated carbocycles. The van der Waals surface area contributed by atoms with E-state index < -0.39 is 5.54 Å². The number of rotatable bonds is 1. The Bertz CT molecular complexity index is 284. The lowest BCUT2D eigenvalue weighted by atomic mass is 9.82. The van der Waals surface area contributed by atoms with E-state index in [-0.39, 0.29) is 6.61 Å². The topological polar surface area (TPSA) is 72.3 Å². The Morgan fingerprint density at radius 2 is 2.58 bits per heavy atom. The molecule has 0 amide bonds. The molecule has 1 aromatic heterocycles. The number of nitrogens with zero attached hydrogens (tertiary/aromatic N) is 1. The van der Waals surface area contributed by atoms with Crippen LogP contribution in [0.15, 0.2) is 10.7 Å². The summed E-state index contributed by atoms with van der Waals surface area (Å²) in [6, 6.07) is 0. The number of hydrogen-bond acceptors (Lipinski definition) is 4. The third-order valence-electron chi connectivity index (χ3n) is 2.49. The summed E-state index contributed by atoms with van der Waals surface area (Å²) < 4.78 is 5.01. The van der Waals surface area contributed by atoms with Crippen molar-refractivity contribution >= 4 is 0 Å². The van der Waals surface area contributed by atoms with Crippen molar-refractivity contribution in [2.45, 2.75) is 24.8 Å². The number of aliphatic hydroxyl groups excluding tert-OH is 1. The Morgan fingerprint density at radius 3 is 3.33 bits per heavy atom. The highest BCUT2D eigenvalue weighted by Gasteiger charge is 2.34. The SMILES string of the molecule is NC1(CO)CCCc2oncc21. The van der Waals surface area contributed by atoms with Gasteiger partial charge in [0.2, 0.25) is 0 Å². The maximum absolute atomic E-state index is 9.12. The molecule has 4 heteroatoms. The van der Waals surface area contributed by atoms with Gasteiger partial charge in [-0.3, -0.25) is 0 Å². The minimum absolute atomic E-state index is 0.0405. The molecule has 0 radical (unpaired) electrons. The van der Waals surface area contributed by atoms with E-state index in [1.807, 2.05) is 0 Å². The van der Waals surface area contributed by atoms with Gasteiger partial charge in [0.1, 0.15) is 5.76 Å². The molecule has 0 bridgehead atoms. The fourth-order valence-corrected chi connectivity index (χ4v) is 1.71. The van der Waals surface area contributed by atoms with Crippen LogP contribution in [-0.2, 0) is 12.0 Å². The van der Waals surface area contributed by atoms with E-state index in [2.05, 4.69) is 5.16 Å². The predicted molar refractivity (Wildman–Crippen MR) is 42.4 cm³/mol. The van der Waals surface area contributed by atoms with E-state index in [4.69, 9.17) is 15.4 Å². The minimum atomic E-state index is -0.617. The largest absolute Gasteiger partial charge is 0.394 e. The first kappa shape index (κ1) is 7.76. The zero-order valence-electron chi connectivity index (χ0n) is 6.79. The van der Waals surface area contributed by atoms with Crippen molar-refractivity contribution in [1.29, 1.82) is 0 Å². The maximum atomic E-state index is 9.12. The van der Waals surface area contributed by atoms with Crippen LogP contribution in [0.3, 0.4) is 0 Å². The quantitative estimate of drug-likeness (QED) is 0.626. The molecule has 1 aromatic rings. The van der Waals surface area contributed by atoms with Gasteiger partial charge in [-0.05, 0) is 12.8 Å². The molecule has 3 N–H and O–H groups in total. The molecular weight excluding hydrogens is 156 g/mol. The normalized spacial score (nSPS) is 28.5. The van der Waals surface area contributed by atoms with E-state index in [9.17, 15) is 0 Å². The van der Waals surface area contributed by atoms with Gasteiger partial charge in [-0.25, -0.2) is 0 Å². The smallest absolute Gasteiger partial charge is 0.141 e. The van der Waals surface area contributed by atoms with Gasteiger partial charge in [0, 0.05) is 12.0 Å². The first-order valence-electron chi connectivity index (χ1n) is 4.10. The second-order valence-corrected chi connectivity index (χ2v) is 3.33. The fourth-order valence-electron chi connectivity index (χ4n) is 1.71. The van der Waals surface area contributed by atoms with E-state index in [0.29, 0.717) is 0 Å². The average molecular weight is 168 g/mol. The average Bonchev–Trinajstić information content (AvgIpc) is 2.54. The number of nitrogens with two attached hydrogens (primary N) is 1. The number of fused-ring (bicyclic) bond motifs is 1. The summed E-state index contributed by atoms with van der Waals surface area (Å²) >= 11 is 0. The van der Waals surface area contributed by atoms with Crippen LogP contribution in [0.25, 0.3) is 0 Å². The molecule has 1 heterocycles. The van der Waals surface area contributed by atoms with Gasteiger partial charge in [0.05, 0.1) is 18.3 Å². The van der Waals surface area contributed by atoms with Gasteiger partial charge in [0.15, 0.2) is 0 Å². The summed E-state index contributed by atoms with van der Waals surface area (Å²) in [6.45, 7) is -0.0405. The molecule has 0 fully saturated rings. The van der Waals surface area contributed by atoms with Crippen molar-refractivity contribution in [2.24, 2.45) is 5.73 Å². The van der Waals surface area contributed by atoms with Crippen LogP contribution in [0.1, 0.15) is 24.2 Å². The molecule has 2 rings (SSSR count). The van der Waals surface area contributed by atoms with E-state index in [1.54, 1.807) is 6.20 Å². The Morgan fingerprint density at radius 1 is 1.75 bits per heavy atom. The molecule has 12 heavy (non-hydrogen) atoms. The van der Waals surface area contributed by atoms with Crippen LogP contribution >= 0.6 is 0 Å². The third kappa shape index (κ3) is 0.956. The second kappa shape index (κ2) is 2.57. The van der Waals surface area contributed by atoms with Crippen molar-refractivity contribution in [3.63, 3.8) is 0 Å². The highest BCUT2D eigenvalue weighted by atomic mass is 16.5. The van der Waals surface area contributed by atoms with Gasteiger partial charge in [-0.15, -0.1) is 0 Å². The number of aromatic nitrogens is 1. The standard InChI is InChI=1S/C8H12N2O2/c9-8(5-11)3-1-2-7-6(8)4-10-12-7/h4,11H,1-3,5,9H2. The van der Waals surface area contributed by atoms with Crippen LogP contribution < -0.4 is 5.73 Å². The van der Waals surface area contributed by atoms with Crippen LogP contribution in [0.2, 0.25) is 0 Å². The lowest BCUT2D eigenvalue weighted by Crippen LogP contribution is -2.42. The molecule has 1 unspecified atom stereocenters. The molecule has 1 aliphatic carbocycles. The Hall–Kier alpha value is -0.870. The third-order valence-corrected chi connectivity index (χ3v) is 2.49. The molecule has 1 aliphatic rings. The van der Waals surface area contributed by atoms with E-state index >= 15 is 0 Å². The molecule has 0 aliphatic heterocycles. The van der Waals surface area contributed by atoms with Crippen LogP contribution in [0.5, 0.6) is 0 Å². The monoisotopic (exact) mass is 168 g/mol. The summed E-state index contributed by atoms with van der Waals surface area (Å²) in [5.74, 6) is 0.831. The van der Waals surface area contributed by atoms with Gasteiger partial charge in [0.25, 0.3) is 0 Å².